The van der Waals surface area contributed by atoms with Crippen molar-refractivity contribution in [3.05, 3.63) is 42.5 Å². The van der Waals surface area contributed by atoms with Crippen molar-refractivity contribution in [3.8, 4) is 5.75 Å². The molecule has 2 aromatic carbocycles. The number of aromatic amines is 1. The van der Waals surface area contributed by atoms with Crippen molar-refractivity contribution in [2.45, 2.75) is 25.7 Å². The minimum atomic E-state index is 0.783. The van der Waals surface area contributed by atoms with E-state index in [1.165, 1.54) is 48.6 Å². The number of aromatic nitrogens is 1. The predicted octanol–water partition coefficient (Wildman–Crippen LogP) is 4.58. The molecule has 1 aliphatic rings. The van der Waals surface area contributed by atoms with E-state index in [0.717, 1.165) is 30.8 Å². The van der Waals surface area contributed by atoms with E-state index in [1.807, 2.05) is 0 Å². The molecule has 0 radical (unpaired) electrons. The molecule has 0 aliphatic carbocycles. The largest absolute Gasteiger partial charge is 0.491 e. The lowest BCUT2D eigenvalue weighted by molar-refractivity contribution is 0.205. The Kier molecular flexibility index (Phi) is 4.20. The Hall–Kier alpha value is -2.00. The number of hydrogen-bond acceptors (Lipinski definition) is 2. The molecule has 1 aliphatic heterocycles. The van der Waals surface area contributed by atoms with Crippen LogP contribution in [-0.4, -0.2) is 36.1 Å². The van der Waals surface area contributed by atoms with Gasteiger partial charge in [0.05, 0.1) is 12.1 Å². The third-order valence-electron chi connectivity index (χ3n) is 4.83. The lowest BCUT2D eigenvalue weighted by Gasteiger charge is -2.26. The smallest absolute Gasteiger partial charge is 0.143 e. The van der Waals surface area contributed by atoms with Gasteiger partial charge in [-0.25, -0.2) is 0 Å². The number of rotatable bonds is 5. The van der Waals surface area contributed by atoms with Gasteiger partial charge in [0.15, 0.2) is 0 Å². The molecule has 4 rings (SSSR count). The molecule has 0 spiro atoms. The topological polar surface area (TPSA) is 28.3 Å². The van der Waals surface area contributed by atoms with Crippen LogP contribution in [0.4, 0.5) is 0 Å². The minimum absolute atomic E-state index is 0.783. The summed E-state index contributed by atoms with van der Waals surface area (Å²) in [6.07, 6.45) is 5.20. The van der Waals surface area contributed by atoms with Crippen molar-refractivity contribution in [2.75, 3.05) is 26.2 Å². The van der Waals surface area contributed by atoms with Crippen LogP contribution in [0.25, 0.3) is 21.8 Å². The molecule has 3 aromatic rings. The summed E-state index contributed by atoms with van der Waals surface area (Å²) in [6.45, 7) is 4.46. The highest BCUT2D eigenvalue weighted by Gasteiger charge is 2.10. The summed E-state index contributed by atoms with van der Waals surface area (Å²) < 4.78 is 6.08. The van der Waals surface area contributed by atoms with Crippen LogP contribution in [0, 0.1) is 0 Å². The van der Waals surface area contributed by atoms with E-state index < -0.39 is 0 Å². The van der Waals surface area contributed by atoms with Gasteiger partial charge in [-0.2, -0.15) is 0 Å². The summed E-state index contributed by atoms with van der Waals surface area (Å²) >= 11 is 0. The molecule has 0 saturated carbocycles. The highest BCUT2D eigenvalue weighted by molar-refractivity contribution is 6.09. The number of nitrogens with one attached hydrogen (secondary N) is 1. The molecule has 0 amide bonds. The standard InChI is InChI=1S/C20H24N2O/c1-4-12-22(13-5-1)14-7-15-23-19-11-6-9-17-16-8-2-3-10-18(16)21-20(17)19/h2-3,6,8-11,21H,1,4-5,7,12-15H2. The second-order valence-corrected chi connectivity index (χ2v) is 6.45. The first-order valence-electron chi connectivity index (χ1n) is 8.76. The first kappa shape index (κ1) is 14.6. The first-order chi connectivity index (χ1) is 11.4. The summed E-state index contributed by atoms with van der Waals surface area (Å²) in [6, 6.07) is 14.7. The lowest BCUT2D eigenvalue weighted by atomic mass is 10.1. The number of ether oxygens (including phenoxy) is 1. The highest BCUT2D eigenvalue weighted by Crippen LogP contribution is 2.31. The molecule has 0 atom stereocenters. The summed E-state index contributed by atoms with van der Waals surface area (Å²) in [5.41, 5.74) is 2.29. The van der Waals surface area contributed by atoms with Crippen LogP contribution in [0.1, 0.15) is 25.7 Å². The number of benzene rings is 2. The molecule has 3 nitrogen and oxygen atoms in total. The van der Waals surface area contributed by atoms with Crippen molar-refractivity contribution >= 4 is 21.8 Å². The van der Waals surface area contributed by atoms with Crippen LogP contribution in [-0.2, 0) is 0 Å². The Morgan fingerprint density at radius 1 is 0.913 bits per heavy atom. The Balaban J connectivity index is 1.44. The molecule has 1 aromatic heterocycles. The molecule has 2 heterocycles. The fourth-order valence-corrected chi connectivity index (χ4v) is 3.62. The Morgan fingerprint density at radius 2 is 1.74 bits per heavy atom. The zero-order chi connectivity index (χ0) is 15.5. The third kappa shape index (κ3) is 3.06. The number of fused-ring (bicyclic) bond motifs is 3. The van der Waals surface area contributed by atoms with E-state index in [4.69, 9.17) is 4.74 Å². The molecule has 1 N–H and O–H groups in total. The van der Waals surface area contributed by atoms with Gasteiger partial charge in [0, 0.05) is 22.8 Å². The van der Waals surface area contributed by atoms with Crippen LogP contribution in [0.3, 0.4) is 0 Å². The van der Waals surface area contributed by atoms with Crippen LogP contribution >= 0.6 is 0 Å². The Morgan fingerprint density at radius 3 is 2.65 bits per heavy atom. The second kappa shape index (κ2) is 6.63. The number of piperidine rings is 1. The average Bonchev–Trinajstić information content (AvgIpc) is 2.99. The molecule has 3 heteroatoms. The highest BCUT2D eigenvalue weighted by atomic mass is 16.5. The van der Waals surface area contributed by atoms with Gasteiger partial charge in [0.2, 0.25) is 0 Å². The van der Waals surface area contributed by atoms with E-state index in [-0.39, 0.29) is 0 Å². The molecule has 0 unspecified atom stereocenters. The molecule has 0 bridgehead atoms. The molecule has 1 saturated heterocycles. The molecule has 1 fully saturated rings. The number of hydrogen-bond donors (Lipinski definition) is 1. The maximum Gasteiger partial charge on any atom is 0.143 e. The van der Waals surface area contributed by atoms with E-state index in [9.17, 15) is 0 Å². The molecular weight excluding hydrogens is 284 g/mol. The van der Waals surface area contributed by atoms with E-state index >= 15 is 0 Å². The Labute approximate surface area is 137 Å². The fraction of sp³-hybridized carbons (Fsp3) is 0.400. The maximum atomic E-state index is 6.08. The van der Waals surface area contributed by atoms with Gasteiger partial charge in [0.25, 0.3) is 0 Å². The van der Waals surface area contributed by atoms with E-state index in [1.54, 1.807) is 0 Å². The predicted molar refractivity (Wildman–Crippen MR) is 96.2 cm³/mol. The van der Waals surface area contributed by atoms with Gasteiger partial charge in [-0.15, -0.1) is 0 Å². The van der Waals surface area contributed by atoms with Crippen molar-refractivity contribution in [3.63, 3.8) is 0 Å². The molecular formula is C20H24N2O. The van der Waals surface area contributed by atoms with Gasteiger partial charge < -0.3 is 14.6 Å². The first-order valence-corrected chi connectivity index (χ1v) is 8.76. The van der Waals surface area contributed by atoms with Gasteiger partial charge in [-0.3, -0.25) is 0 Å². The number of nitrogens with zero attached hydrogens (tertiary/aromatic N) is 1. The van der Waals surface area contributed by atoms with E-state index in [2.05, 4.69) is 52.3 Å². The Bertz CT molecular complexity index is 787. The van der Waals surface area contributed by atoms with Crippen LogP contribution in [0.5, 0.6) is 5.75 Å². The van der Waals surface area contributed by atoms with Crippen LogP contribution in [0.2, 0.25) is 0 Å². The maximum absolute atomic E-state index is 6.08. The second-order valence-electron chi connectivity index (χ2n) is 6.45. The molecule has 23 heavy (non-hydrogen) atoms. The monoisotopic (exact) mass is 308 g/mol. The summed E-state index contributed by atoms with van der Waals surface area (Å²) in [5.74, 6) is 0.970. The molecule has 120 valence electrons. The van der Waals surface area contributed by atoms with Crippen LogP contribution < -0.4 is 4.74 Å². The SMILES string of the molecule is c1ccc2c(c1)[nH]c1c(OCCCN3CCCCC3)cccc12. The minimum Gasteiger partial charge on any atom is -0.491 e. The van der Waals surface area contributed by atoms with Crippen LogP contribution in [0.15, 0.2) is 42.5 Å². The van der Waals surface area contributed by atoms with Crippen molar-refractivity contribution in [1.29, 1.82) is 0 Å². The zero-order valence-electron chi connectivity index (χ0n) is 13.6. The normalized spacial score (nSPS) is 16.2. The van der Waals surface area contributed by atoms with Crippen molar-refractivity contribution in [2.24, 2.45) is 0 Å². The zero-order valence-corrected chi connectivity index (χ0v) is 13.6. The van der Waals surface area contributed by atoms with Crippen molar-refractivity contribution in [1.82, 2.24) is 9.88 Å². The summed E-state index contributed by atoms with van der Waals surface area (Å²) in [7, 11) is 0. The third-order valence-corrected chi connectivity index (χ3v) is 4.83. The average molecular weight is 308 g/mol. The van der Waals surface area contributed by atoms with Gasteiger partial charge in [-0.05, 0) is 44.5 Å². The lowest BCUT2D eigenvalue weighted by Crippen LogP contribution is -2.31. The summed E-state index contributed by atoms with van der Waals surface area (Å²) in [5, 5.41) is 2.51. The number of H-pyrrole nitrogens is 1. The van der Waals surface area contributed by atoms with E-state index in [0.29, 0.717) is 0 Å². The van der Waals surface area contributed by atoms with Gasteiger partial charge in [0.1, 0.15) is 5.75 Å². The summed E-state index contributed by atoms with van der Waals surface area (Å²) in [4.78, 5) is 6.07. The van der Waals surface area contributed by atoms with Crippen molar-refractivity contribution < 1.29 is 4.74 Å². The number of likely N-dealkylation sites (tertiary alicyclic amines) is 1. The fourth-order valence-electron chi connectivity index (χ4n) is 3.62. The van der Waals surface area contributed by atoms with Gasteiger partial charge in [-0.1, -0.05) is 36.8 Å². The van der Waals surface area contributed by atoms with Gasteiger partial charge >= 0.3 is 0 Å². The number of para-hydroxylation sites is 2. The quantitative estimate of drug-likeness (QED) is 0.699.